The molecule has 36 heavy (non-hydrogen) atoms. The van der Waals surface area contributed by atoms with Crippen molar-refractivity contribution in [2.24, 2.45) is 28.6 Å². The van der Waals surface area contributed by atoms with Crippen LogP contribution in [0.15, 0.2) is 23.8 Å². The lowest BCUT2D eigenvalue weighted by Crippen LogP contribution is -2.64. The van der Waals surface area contributed by atoms with Gasteiger partial charge in [-0.1, -0.05) is 19.9 Å². The van der Waals surface area contributed by atoms with E-state index in [1.165, 1.54) is 12.2 Å². The number of aliphatic hydroxyl groups is 2. The first-order chi connectivity index (χ1) is 16.4. The largest absolute Gasteiger partial charge is 0.466 e. The van der Waals surface area contributed by atoms with Crippen LogP contribution in [-0.2, 0) is 23.6 Å². The molecule has 5 aliphatic rings. The molecule has 4 aliphatic carbocycles. The number of fused-ring (bicyclic) bond motifs is 7. The lowest BCUT2D eigenvalue weighted by molar-refractivity contribution is -0.226. The van der Waals surface area contributed by atoms with Crippen LogP contribution in [0.2, 0.25) is 0 Å². The van der Waals surface area contributed by atoms with Crippen molar-refractivity contribution >= 4 is 19.4 Å². The molecular weight excluding hydrogens is 498 g/mol. The zero-order valence-electron chi connectivity index (χ0n) is 20.6. The van der Waals surface area contributed by atoms with Crippen LogP contribution in [0, 0.1) is 28.6 Å². The Morgan fingerprint density at radius 1 is 1.19 bits per heavy atom. The fourth-order valence-electron chi connectivity index (χ4n) is 8.05. The van der Waals surface area contributed by atoms with Crippen LogP contribution in [0.5, 0.6) is 0 Å². The Kier molecular flexibility index (Phi) is 6.63. The molecule has 0 aromatic heterocycles. The van der Waals surface area contributed by atoms with Crippen molar-refractivity contribution in [1.29, 1.82) is 0 Å². The lowest BCUT2D eigenvalue weighted by atomic mass is 9.46. The van der Waals surface area contributed by atoms with Crippen LogP contribution in [0.4, 0.5) is 4.39 Å². The Balaban J connectivity index is 0.000000556. The van der Waals surface area contributed by atoms with Crippen LogP contribution in [0.3, 0.4) is 0 Å². The average Bonchev–Trinajstić information content (AvgIpc) is 3.13. The molecule has 12 heteroatoms. The Labute approximate surface area is 208 Å². The van der Waals surface area contributed by atoms with Crippen molar-refractivity contribution in [2.45, 2.75) is 76.7 Å². The summed E-state index contributed by atoms with van der Waals surface area (Å²) < 4.78 is 36.8. The van der Waals surface area contributed by atoms with E-state index in [-0.39, 0.29) is 36.4 Å². The molecule has 0 aromatic carbocycles. The van der Waals surface area contributed by atoms with Crippen LogP contribution >= 0.6 is 7.82 Å². The number of rotatable bonds is 2. The van der Waals surface area contributed by atoms with Gasteiger partial charge >= 0.3 is 7.82 Å². The Bertz CT molecular complexity index is 1060. The highest BCUT2D eigenvalue weighted by Gasteiger charge is 2.77. The summed E-state index contributed by atoms with van der Waals surface area (Å²) in [6.45, 7) is 6.65. The number of hydrogen-bond donors (Lipinski definition) is 5. The van der Waals surface area contributed by atoms with E-state index in [0.717, 1.165) is 0 Å². The molecule has 202 valence electrons. The second-order valence-electron chi connectivity index (χ2n) is 11.5. The standard InChI is InChI=1S/C24H31FO6.H3O4P/c1-21(2)30-19-9-14-13-8-16(25)15-7-12(27)5-6-22(15,3)20(13)17(28)10-23(14,4)24(19,31-21)18(29)11-26;1-5(2,3)4/h5-7,13-14,16-17,19-20,26,28H,8-11H2,1-4H3;(H3,1,2,3,4)/t13-,14-,16-,17-,19+,20+,22-,23-,24+;/m0./s1. The first-order valence-electron chi connectivity index (χ1n) is 12.0. The first kappa shape index (κ1) is 27.7. The number of ketones is 2. The van der Waals surface area contributed by atoms with E-state index in [1.54, 1.807) is 19.9 Å². The summed E-state index contributed by atoms with van der Waals surface area (Å²) in [7, 11) is -4.64. The van der Waals surface area contributed by atoms with Crippen LogP contribution < -0.4 is 0 Å². The molecule has 0 aromatic rings. The SMILES string of the molecule is CC1(C)O[C@@H]2C[C@H]3[C@@H]4C[C@H](F)C5=CC(=O)C=C[C@]5(C)[C@H]4[C@@H](O)C[C@]3(C)[C@]2(C(=O)CO)O1.O=P(O)(O)O. The number of allylic oxidation sites excluding steroid dienone is 4. The minimum atomic E-state index is -4.64. The van der Waals surface area contributed by atoms with Crippen LogP contribution in [0.1, 0.15) is 47.0 Å². The van der Waals surface area contributed by atoms with Gasteiger partial charge in [-0.05, 0) is 62.7 Å². The molecule has 5 N–H and O–H groups in total. The zero-order chi connectivity index (χ0) is 27.1. The van der Waals surface area contributed by atoms with Crippen molar-refractivity contribution in [2.75, 3.05) is 6.61 Å². The third kappa shape index (κ3) is 4.08. The van der Waals surface area contributed by atoms with Crippen molar-refractivity contribution in [3.05, 3.63) is 23.8 Å². The van der Waals surface area contributed by atoms with E-state index in [0.29, 0.717) is 12.0 Å². The monoisotopic (exact) mass is 532 g/mol. The number of phosphoric acid groups is 1. The van der Waals surface area contributed by atoms with E-state index < -0.39 is 60.8 Å². The van der Waals surface area contributed by atoms with E-state index in [2.05, 4.69) is 0 Å². The second kappa shape index (κ2) is 8.61. The Morgan fingerprint density at radius 2 is 1.81 bits per heavy atom. The summed E-state index contributed by atoms with van der Waals surface area (Å²) in [5.74, 6) is -2.28. The molecule has 9 atom stereocenters. The number of alkyl halides is 1. The molecule has 5 rings (SSSR count). The summed E-state index contributed by atoms with van der Waals surface area (Å²) in [5.41, 5.74) is -2.50. The van der Waals surface area contributed by atoms with Crippen molar-refractivity contribution in [1.82, 2.24) is 0 Å². The molecule has 0 spiro atoms. The van der Waals surface area contributed by atoms with E-state index in [4.69, 9.17) is 28.7 Å². The van der Waals surface area contributed by atoms with Gasteiger partial charge in [-0.25, -0.2) is 8.96 Å². The predicted molar refractivity (Wildman–Crippen MR) is 123 cm³/mol. The van der Waals surface area contributed by atoms with Gasteiger partial charge in [-0.15, -0.1) is 0 Å². The fourth-order valence-corrected chi connectivity index (χ4v) is 8.05. The molecule has 4 fully saturated rings. The predicted octanol–water partition coefficient (Wildman–Crippen LogP) is 1.35. The average molecular weight is 532 g/mol. The molecule has 3 saturated carbocycles. The van der Waals surface area contributed by atoms with Crippen molar-refractivity contribution < 1.29 is 52.9 Å². The molecule has 0 bridgehead atoms. The summed E-state index contributed by atoms with van der Waals surface area (Å²) in [6, 6.07) is 0. The van der Waals surface area contributed by atoms with E-state index >= 15 is 4.39 Å². The number of ether oxygens (including phenoxy) is 2. The molecule has 0 unspecified atom stereocenters. The van der Waals surface area contributed by atoms with Gasteiger partial charge < -0.3 is 34.4 Å². The molecule has 10 nitrogen and oxygen atoms in total. The minimum Gasteiger partial charge on any atom is -0.393 e. The highest BCUT2D eigenvalue weighted by Crippen LogP contribution is 2.70. The number of carbonyl (C=O) groups is 2. The summed E-state index contributed by atoms with van der Waals surface area (Å²) in [4.78, 5) is 46.7. The van der Waals surface area contributed by atoms with Gasteiger partial charge in [-0.3, -0.25) is 9.59 Å². The normalized spacial score (nSPS) is 46.5. The summed E-state index contributed by atoms with van der Waals surface area (Å²) >= 11 is 0. The molecule has 1 aliphatic heterocycles. The minimum absolute atomic E-state index is 0.125. The van der Waals surface area contributed by atoms with Crippen LogP contribution in [-0.4, -0.2) is 72.8 Å². The maximum atomic E-state index is 15.4. The molecule has 0 radical (unpaired) electrons. The second-order valence-corrected chi connectivity index (χ2v) is 12.5. The van der Waals surface area contributed by atoms with Gasteiger partial charge in [0.05, 0.1) is 12.2 Å². The number of aliphatic hydroxyl groups excluding tert-OH is 2. The van der Waals surface area contributed by atoms with E-state index in [1.807, 2.05) is 13.8 Å². The smallest absolute Gasteiger partial charge is 0.393 e. The Morgan fingerprint density at radius 3 is 2.39 bits per heavy atom. The van der Waals surface area contributed by atoms with Gasteiger partial charge in [-0.2, -0.15) is 0 Å². The van der Waals surface area contributed by atoms with Gasteiger partial charge in [0.1, 0.15) is 12.8 Å². The molecule has 0 amide bonds. The lowest BCUT2D eigenvalue weighted by Gasteiger charge is -2.60. The van der Waals surface area contributed by atoms with Gasteiger partial charge in [0, 0.05) is 16.7 Å². The van der Waals surface area contributed by atoms with E-state index in [9.17, 15) is 19.8 Å². The van der Waals surface area contributed by atoms with Crippen molar-refractivity contribution in [3.8, 4) is 0 Å². The summed E-state index contributed by atoms with van der Waals surface area (Å²) in [6.07, 6.45) is 2.90. The topological polar surface area (TPSA) is 171 Å². The number of carbonyl (C=O) groups excluding carboxylic acids is 2. The van der Waals surface area contributed by atoms with Crippen LogP contribution in [0.25, 0.3) is 0 Å². The molecule has 1 saturated heterocycles. The van der Waals surface area contributed by atoms with Gasteiger partial charge in [0.2, 0.25) is 0 Å². The number of Topliss-reactive ketones (excluding diaryl/α,β-unsaturated/α-hetero) is 1. The quantitative estimate of drug-likeness (QED) is 0.327. The highest BCUT2D eigenvalue weighted by molar-refractivity contribution is 7.45. The number of halogens is 1. The maximum Gasteiger partial charge on any atom is 0.466 e. The summed E-state index contributed by atoms with van der Waals surface area (Å²) in [5, 5.41) is 21.3. The third-order valence-corrected chi connectivity index (χ3v) is 9.03. The molecular formula is C24H34FO10P. The van der Waals surface area contributed by atoms with Crippen molar-refractivity contribution in [3.63, 3.8) is 0 Å². The number of hydrogen-bond acceptors (Lipinski definition) is 7. The maximum absolute atomic E-state index is 15.4. The van der Waals surface area contributed by atoms with Gasteiger partial charge in [0.15, 0.2) is 23.0 Å². The first-order valence-corrected chi connectivity index (χ1v) is 13.5. The Hall–Kier alpha value is -1.30. The zero-order valence-corrected chi connectivity index (χ0v) is 21.5. The fraction of sp³-hybridized carbons (Fsp3) is 0.750. The molecule has 1 heterocycles. The van der Waals surface area contributed by atoms with Gasteiger partial charge in [0.25, 0.3) is 0 Å². The highest BCUT2D eigenvalue weighted by atomic mass is 31.2. The third-order valence-electron chi connectivity index (χ3n) is 9.03.